The van der Waals surface area contributed by atoms with Crippen molar-refractivity contribution in [2.24, 2.45) is 5.73 Å². The fourth-order valence-corrected chi connectivity index (χ4v) is 2.54. The molecule has 1 aromatic heterocycles. The van der Waals surface area contributed by atoms with Crippen LogP contribution in [0.25, 0.3) is 0 Å². The highest BCUT2D eigenvalue weighted by molar-refractivity contribution is 5.35. The molecular formula is C16H26N2O3. The molecule has 0 fully saturated rings. The molecule has 1 aromatic rings. The number of nitrogens with two attached hydrogens (primary N) is 1. The molecule has 5 nitrogen and oxygen atoms in total. The van der Waals surface area contributed by atoms with Crippen LogP contribution < -0.4 is 10.5 Å². The van der Waals surface area contributed by atoms with Gasteiger partial charge in [-0.3, -0.25) is 0 Å². The molecule has 0 aliphatic heterocycles. The molecule has 0 amide bonds. The minimum Gasteiger partial charge on any atom is -0.475 e. The Hall–Kier alpha value is -1.17. The number of hydrogen-bond acceptors (Lipinski definition) is 5. The maximum absolute atomic E-state index is 5.80. The van der Waals surface area contributed by atoms with Crippen LogP contribution in [-0.4, -0.2) is 38.5 Å². The Labute approximate surface area is 126 Å². The Morgan fingerprint density at radius 2 is 2.00 bits per heavy atom. The summed E-state index contributed by atoms with van der Waals surface area (Å²) < 4.78 is 16.2. The average Bonchev–Trinajstić information content (AvgIpc) is 2.53. The average molecular weight is 294 g/mol. The third kappa shape index (κ3) is 4.95. The lowest BCUT2D eigenvalue weighted by molar-refractivity contribution is 0.0792. The monoisotopic (exact) mass is 294 g/mol. The Kier molecular flexibility index (Phi) is 6.92. The van der Waals surface area contributed by atoms with Crippen LogP contribution in [0.1, 0.15) is 36.1 Å². The third-order valence-electron chi connectivity index (χ3n) is 3.66. The second-order valence-corrected chi connectivity index (χ2v) is 5.28. The molecule has 0 radical (unpaired) electrons. The van der Waals surface area contributed by atoms with Gasteiger partial charge in [-0.25, -0.2) is 4.98 Å². The molecule has 0 aromatic carbocycles. The van der Waals surface area contributed by atoms with E-state index >= 15 is 0 Å². The molecule has 0 spiro atoms. The molecule has 1 aliphatic rings. The lowest BCUT2D eigenvalue weighted by Crippen LogP contribution is -2.14. The largest absolute Gasteiger partial charge is 0.475 e. The van der Waals surface area contributed by atoms with Crippen LogP contribution in [0.5, 0.6) is 5.88 Å². The minimum absolute atomic E-state index is 0.463. The molecular weight excluding hydrogens is 268 g/mol. The fourth-order valence-electron chi connectivity index (χ4n) is 2.54. The van der Waals surface area contributed by atoms with E-state index in [1.807, 2.05) is 0 Å². The van der Waals surface area contributed by atoms with Crippen molar-refractivity contribution in [1.82, 2.24) is 4.98 Å². The Balaban J connectivity index is 1.81. The molecule has 1 aliphatic carbocycles. The molecule has 21 heavy (non-hydrogen) atoms. The number of methoxy groups -OCH3 is 1. The van der Waals surface area contributed by atoms with E-state index in [1.54, 1.807) is 7.11 Å². The first-order valence-corrected chi connectivity index (χ1v) is 7.76. The normalized spacial score (nSPS) is 14.0. The fraction of sp³-hybridized carbons (Fsp3) is 0.688. The van der Waals surface area contributed by atoms with E-state index in [4.69, 9.17) is 19.9 Å². The van der Waals surface area contributed by atoms with Gasteiger partial charge < -0.3 is 19.9 Å². The number of aromatic nitrogens is 1. The maximum atomic E-state index is 5.80. The lowest BCUT2D eigenvalue weighted by atomic mass is 9.95. The first-order valence-electron chi connectivity index (χ1n) is 7.76. The topological polar surface area (TPSA) is 66.6 Å². The Bertz CT molecular complexity index is 438. The van der Waals surface area contributed by atoms with E-state index in [9.17, 15) is 0 Å². The van der Waals surface area contributed by atoms with Crippen molar-refractivity contribution in [2.75, 3.05) is 33.5 Å². The molecule has 0 unspecified atom stereocenters. The molecule has 0 bridgehead atoms. The van der Waals surface area contributed by atoms with Crippen LogP contribution >= 0.6 is 0 Å². The first kappa shape index (κ1) is 16.2. The van der Waals surface area contributed by atoms with Crippen LogP contribution in [0.15, 0.2) is 6.07 Å². The van der Waals surface area contributed by atoms with Gasteiger partial charge in [0, 0.05) is 38.1 Å². The van der Waals surface area contributed by atoms with Gasteiger partial charge >= 0.3 is 0 Å². The van der Waals surface area contributed by atoms with Crippen LogP contribution in [0.3, 0.4) is 0 Å². The maximum Gasteiger partial charge on any atom is 0.218 e. The minimum atomic E-state index is 0.463. The number of nitrogens with zero attached hydrogens (tertiary/aromatic N) is 1. The van der Waals surface area contributed by atoms with Crippen LogP contribution in [0, 0.1) is 0 Å². The molecule has 2 rings (SSSR count). The second-order valence-electron chi connectivity index (χ2n) is 5.28. The quantitative estimate of drug-likeness (QED) is 0.704. The summed E-state index contributed by atoms with van der Waals surface area (Å²) in [6, 6.07) is 2.16. The zero-order chi connectivity index (χ0) is 14.9. The standard InChI is InChI=1S/C16H26N2O3/c1-19-7-4-8-20-9-10-21-16-14(12-17)11-13-5-2-3-6-15(13)18-16/h11H,2-10,12,17H2,1H3. The van der Waals surface area contributed by atoms with Crippen molar-refractivity contribution in [1.29, 1.82) is 0 Å². The summed E-state index contributed by atoms with van der Waals surface area (Å²) in [6.45, 7) is 2.95. The van der Waals surface area contributed by atoms with E-state index in [-0.39, 0.29) is 0 Å². The van der Waals surface area contributed by atoms with Crippen LogP contribution in [-0.2, 0) is 28.9 Å². The van der Waals surface area contributed by atoms with Crippen molar-refractivity contribution in [3.05, 3.63) is 22.9 Å². The van der Waals surface area contributed by atoms with E-state index < -0.39 is 0 Å². The summed E-state index contributed by atoms with van der Waals surface area (Å²) >= 11 is 0. The molecule has 0 saturated carbocycles. The van der Waals surface area contributed by atoms with E-state index in [1.165, 1.54) is 24.1 Å². The zero-order valence-corrected chi connectivity index (χ0v) is 12.9. The van der Waals surface area contributed by atoms with Crippen molar-refractivity contribution >= 4 is 0 Å². The smallest absolute Gasteiger partial charge is 0.218 e. The first-order chi connectivity index (χ1) is 10.3. The number of ether oxygens (including phenoxy) is 3. The molecule has 1 heterocycles. The number of hydrogen-bond donors (Lipinski definition) is 1. The highest BCUT2D eigenvalue weighted by Crippen LogP contribution is 2.25. The van der Waals surface area contributed by atoms with Crippen molar-refractivity contribution in [2.45, 2.75) is 38.6 Å². The van der Waals surface area contributed by atoms with Gasteiger partial charge in [0.05, 0.1) is 6.61 Å². The van der Waals surface area contributed by atoms with Crippen molar-refractivity contribution in [3.8, 4) is 5.88 Å². The van der Waals surface area contributed by atoms with Gasteiger partial charge in [0.2, 0.25) is 5.88 Å². The zero-order valence-electron chi connectivity index (χ0n) is 12.9. The SMILES string of the molecule is COCCCOCCOc1nc2c(cc1CN)CCCC2. The van der Waals surface area contributed by atoms with Gasteiger partial charge in [-0.15, -0.1) is 0 Å². The predicted octanol–water partition coefficient (Wildman–Crippen LogP) is 1.85. The summed E-state index contributed by atoms with van der Waals surface area (Å²) in [5.41, 5.74) is 9.31. The van der Waals surface area contributed by atoms with E-state index in [0.717, 1.165) is 31.4 Å². The number of pyridine rings is 1. The van der Waals surface area contributed by atoms with Crippen molar-refractivity contribution in [3.63, 3.8) is 0 Å². The van der Waals surface area contributed by atoms with Gasteiger partial charge in [0.1, 0.15) is 6.61 Å². The Morgan fingerprint density at radius 1 is 1.14 bits per heavy atom. The molecule has 118 valence electrons. The Morgan fingerprint density at radius 3 is 2.81 bits per heavy atom. The van der Waals surface area contributed by atoms with Gasteiger partial charge in [-0.1, -0.05) is 0 Å². The van der Waals surface area contributed by atoms with Gasteiger partial charge in [-0.2, -0.15) is 0 Å². The summed E-state index contributed by atoms with van der Waals surface area (Å²) in [6.07, 6.45) is 5.52. The number of fused-ring (bicyclic) bond motifs is 1. The third-order valence-corrected chi connectivity index (χ3v) is 3.66. The highest BCUT2D eigenvalue weighted by Gasteiger charge is 2.15. The van der Waals surface area contributed by atoms with Gasteiger partial charge in [0.25, 0.3) is 0 Å². The molecule has 5 heteroatoms. The molecule has 2 N–H and O–H groups in total. The van der Waals surface area contributed by atoms with E-state index in [0.29, 0.717) is 32.2 Å². The van der Waals surface area contributed by atoms with Gasteiger partial charge in [-0.05, 0) is 43.7 Å². The van der Waals surface area contributed by atoms with Crippen LogP contribution in [0.4, 0.5) is 0 Å². The van der Waals surface area contributed by atoms with Crippen molar-refractivity contribution < 1.29 is 14.2 Å². The summed E-state index contributed by atoms with van der Waals surface area (Å²) in [7, 11) is 1.69. The van der Waals surface area contributed by atoms with Gasteiger partial charge in [0.15, 0.2) is 0 Å². The molecule has 0 atom stereocenters. The molecule has 0 saturated heterocycles. The van der Waals surface area contributed by atoms with Crippen LogP contribution in [0.2, 0.25) is 0 Å². The number of aryl methyl sites for hydroxylation is 2. The summed E-state index contributed by atoms with van der Waals surface area (Å²) in [4.78, 5) is 4.65. The van der Waals surface area contributed by atoms with E-state index in [2.05, 4.69) is 11.1 Å². The summed E-state index contributed by atoms with van der Waals surface area (Å²) in [5.74, 6) is 0.679. The second kappa shape index (κ2) is 8.97. The lowest BCUT2D eigenvalue weighted by Gasteiger charge is -2.18. The summed E-state index contributed by atoms with van der Waals surface area (Å²) in [5, 5.41) is 0. The predicted molar refractivity (Wildman–Crippen MR) is 81.6 cm³/mol. The number of rotatable bonds is 9. The highest BCUT2D eigenvalue weighted by atomic mass is 16.5.